The van der Waals surface area contributed by atoms with Gasteiger partial charge in [-0.2, -0.15) is 5.10 Å². The molecule has 4 rings (SSSR count). The molecule has 0 bridgehead atoms. The van der Waals surface area contributed by atoms with E-state index in [9.17, 15) is 9.59 Å². The molecule has 3 aromatic heterocycles. The molecule has 0 atom stereocenters. The number of furan rings is 1. The fraction of sp³-hybridized carbons (Fsp3) is 0.308. The number of anilines is 1. The lowest BCUT2D eigenvalue weighted by atomic mass is 10.1. The molecule has 182 valence electrons. The van der Waals surface area contributed by atoms with Gasteiger partial charge >= 0.3 is 0 Å². The number of methoxy groups -OCH3 is 1. The predicted molar refractivity (Wildman–Crippen MR) is 134 cm³/mol. The minimum Gasteiger partial charge on any atom is -0.495 e. The van der Waals surface area contributed by atoms with E-state index in [1.165, 1.54) is 7.11 Å². The second-order valence-corrected chi connectivity index (χ2v) is 8.74. The third kappa shape index (κ3) is 4.89. The SMILES string of the molecule is COc1ccc(C)cc1NC(=O)CNC(=O)c1cc(-c2cc(C)oc2C)nc2c1cnn2C(C)C. The topological polar surface area (TPSA) is 111 Å². The zero-order valence-corrected chi connectivity index (χ0v) is 20.7. The Labute approximate surface area is 203 Å². The van der Waals surface area contributed by atoms with Crippen molar-refractivity contribution >= 4 is 28.5 Å². The summed E-state index contributed by atoms with van der Waals surface area (Å²) in [5.41, 5.74) is 3.91. The Kier molecular flexibility index (Phi) is 6.59. The van der Waals surface area contributed by atoms with Gasteiger partial charge in [0.05, 0.1) is 42.2 Å². The molecule has 9 nitrogen and oxygen atoms in total. The number of nitrogens with zero attached hydrogens (tertiary/aromatic N) is 3. The van der Waals surface area contributed by atoms with Crippen molar-refractivity contribution < 1.29 is 18.7 Å². The number of carbonyl (C=O) groups excluding carboxylic acids is 2. The number of amides is 2. The number of aromatic nitrogens is 3. The third-order valence-corrected chi connectivity index (χ3v) is 5.66. The van der Waals surface area contributed by atoms with Gasteiger partial charge in [-0.25, -0.2) is 9.67 Å². The summed E-state index contributed by atoms with van der Waals surface area (Å²) >= 11 is 0. The number of fused-ring (bicyclic) bond motifs is 1. The van der Waals surface area contributed by atoms with Gasteiger partial charge in [0.1, 0.15) is 17.3 Å². The number of carbonyl (C=O) groups is 2. The average molecular weight is 476 g/mol. The van der Waals surface area contributed by atoms with Crippen molar-refractivity contribution in [2.75, 3.05) is 19.0 Å². The maximum Gasteiger partial charge on any atom is 0.252 e. The molecule has 1 aromatic carbocycles. The predicted octanol–water partition coefficient (Wildman–Crippen LogP) is 4.57. The highest BCUT2D eigenvalue weighted by molar-refractivity contribution is 6.08. The van der Waals surface area contributed by atoms with E-state index in [0.29, 0.717) is 39.5 Å². The summed E-state index contributed by atoms with van der Waals surface area (Å²) in [5.74, 6) is 1.24. The summed E-state index contributed by atoms with van der Waals surface area (Å²) < 4.78 is 12.8. The first-order valence-corrected chi connectivity index (χ1v) is 11.4. The lowest BCUT2D eigenvalue weighted by Crippen LogP contribution is -2.33. The highest BCUT2D eigenvalue weighted by Gasteiger charge is 2.21. The van der Waals surface area contributed by atoms with Gasteiger partial charge in [0, 0.05) is 11.6 Å². The third-order valence-electron chi connectivity index (χ3n) is 5.66. The van der Waals surface area contributed by atoms with Crippen LogP contribution in [0.1, 0.15) is 47.3 Å². The Morgan fingerprint density at radius 1 is 1.14 bits per heavy atom. The van der Waals surface area contributed by atoms with Crippen molar-refractivity contribution in [1.29, 1.82) is 0 Å². The van der Waals surface area contributed by atoms with E-state index in [2.05, 4.69) is 15.7 Å². The molecule has 0 aliphatic heterocycles. The molecule has 2 N–H and O–H groups in total. The van der Waals surface area contributed by atoms with E-state index < -0.39 is 5.91 Å². The van der Waals surface area contributed by atoms with Crippen LogP contribution in [0.25, 0.3) is 22.3 Å². The summed E-state index contributed by atoms with van der Waals surface area (Å²) in [6, 6.07) is 9.14. The monoisotopic (exact) mass is 475 g/mol. The van der Waals surface area contributed by atoms with Crippen molar-refractivity contribution in [2.45, 2.75) is 40.7 Å². The molecule has 0 aliphatic rings. The second kappa shape index (κ2) is 9.61. The normalized spacial score (nSPS) is 11.2. The lowest BCUT2D eigenvalue weighted by Gasteiger charge is -2.12. The van der Waals surface area contributed by atoms with Crippen LogP contribution in [0.3, 0.4) is 0 Å². The first-order chi connectivity index (χ1) is 16.7. The fourth-order valence-electron chi connectivity index (χ4n) is 3.98. The van der Waals surface area contributed by atoms with Crippen LogP contribution in [0.4, 0.5) is 5.69 Å². The summed E-state index contributed by atoms with van der Waals surface area (Å²) in [4.78, 5) is 30.6. The van der Waals surface area contributed by atoms with Crippen molar-refractivity contribution in [3.05, 3.63) is 59.2 Å². The molecule has 0 unspecified atom stereocenters. The first kappa shape index (κ1) is 24.0. The number of nitrogens with one attached hydrogen (secondary N) is 2. The van der Waals surface area contributed by atoms with Crippen molar-refractivity contribution in [3.63, 3.8) is 0 Å². The molecular formula is C26H29N5O4. The average Bonchev–Trinajstić information content (AvgIpc) is 3.39. The maximum atomic E-state index is 13.2. The van der Waals surface area contributed by atoms with Crippen LogP contribution in [0, 0.1) is 20.8 Å². The standard InChI is InChI=1S/C26H29N5O4/c1-14(2)31-25-20(12-28-31)19(11-21(30-25)18-10-16(4)35-17(18)5)26(33)27-13-24(32)29-22-9-15(3)7-8-23(22)34-6/h7-12,14H,13H2,1-6H3,(H,27,33)(H,29,32). The summed E-state index contributed by atoms with van der Waals surface area (Å²) in [6.45, 7) is 9.43. The summed E-state index contributed by atoms with van der Waals surface area (Å²) in [7, 11) is 1.54. The number of rotatable bonds is 7. The fourth-order valence-corrected chi connectivity index (χ4v) is 3.98. The number of pyridine rings is 1. The smallest absolute Gasteiger partial charge is 0.252 e. The zero-order valence-electron chi connectivity index (χ0n) is 20.7. The molecule has 4 aromatic rings. The van der Waals surface area contributed by atoms with Crippen molar-refractivity contribution in [1.82, 2.24) is 20.1 Å². The van der Waals surface area contributed by atoms with Crippen molar-refractivity contribution in [2.24, 2.45) is 0 Å². The van der Waals surface area contributed by atoms with Crippen LogP contribution < -0.4 is 15.4 Å². The van der Waals surface area contributed by atoms with Gasteiger partial charge in [0.15, 0.2) is 5.65 Å². The van der Waals surface area contributed by atoms with Gasteiger partial charge in [-0.15, -0.1) is 0 Å². The Balaban J connectivity index is 1.62. The van der Waals surface area contributed by atoms with E-state index in [1.807, 2.05) is 52.8 Å². The van der Waals surface area contributed by atoms with Crippen LogP contribution >= 0.6 is 0 Å². The molecule has 35 heavy (non-hydrogen) atoms. The molecule has 0 fully saturated rings. The molecule has 0 aliphatic carbocycles. The van der Waals surface area contributed by atoms with Gasteiger partial charge in [0.25, 0.3) is 5.91 Å². The van der Waals surface area contributed by atoms with Crippen LogP contribution in [-0.2, 0) is 4.79 Å². The van der Waals surface area contributed by atoms with Gasteiger partial charge in [-0.1, -0.05) is 6.07 Å². The Morgan fingerprint density at radius 2 is 1.91 bits per heavy atom. The van der Waals surface area contributed by atoms with Gasteiger partial charge in [-0.05, 0) is 64.4 Å². The van der Waals surface area contributed by atoms with E-state index >= 15 is 0 Å². The van der Waals surface area contributed by atoms with E-state index in [1.54, 1.807) is 23.0 Å². The number of hydrogen-bond acceptors (Lipinski definition) is 6. The zero-order chi connectivity index (χ0) is 25.3. The minimum atomic E-state index is -0.397. The summed E-state index contributed by atoms with van der Waals surface area (Å²) in [5, 5.41) is 10.6. The van der Waals surface area contributed by atoms with Gasteiger partial charge in [0.2, 0.25) is 5.91 Å². The van der Waals surface area contributed by atoms with Crippen LogP contribution in [0.2, 0.25) is 0 Å². The molecule has 0 radical (unpaired) electrons. The minimum absolute atomic E-state index is 0.0495. The Morgan fingerprint density at radius 3 is 2.57 bits per heavy atom. The van der Waals surface area contributed by atoms with Crippen LogP contribution in [0.5, 0.6) is 5.75 Å². The number of hydrogen-bond donors (Lipinski definition) is 2. The van der Waals surface area contributed by atoms with E-state index in [-0.39, 0.29) is 18.5 Å². The Hall–Kier alpha value is -4.14. The molecular weight excluding hydrogens is 446 g/mol. The largest absolute Gasteiger partial charge is 0.495 e. The van der Waals surface area contributed by atoms with E-state index in [0.717, 1.165) is 16.9 Å². The van der Waals surface area contributed by atoms with Crippen LogP contribution in [0.15, 0.2) is 40.9 Å². The van der Waals surface area contributed by atoms with Gasteiger partial charge < -0.3 is 19.8 Å². The molecule has 9 heteroatoms. The van der Waals surface area contributed by atoms with Crippen LogP contribution in [-0.4, -0.2) is 40.2 Å². The number of aryl methyl sites for hydroxylation is 3. The molecule has 3 heterocycles. The molecule has 0 spiro atoms. The molecule has 2 amide bonds. The van der Waals surface area contributed by atoms with E-state index in [4.69, 9.17) is 14.1 Å². The molecule has 0 saturated heterocycles. The second-order valence-electron chi connectivity index (χ2n) is 8.74. The number of ether oxygens (including phenoxy) is 1. The quantitative estimate of drug-likeness (QED) is 0.405. The Bertz CT molecular complexity index is 1420. The molecule has 0 saturated carbocycles. The lowest BCUT2D eigenvalue weighted by molar-refractivity contribution is -0.115. The van der Waals surface area contributed by atoms with Crippen molar-refractivity contribution in [3.8, 4) is 17.0 Å². The summed E-state index contributed by atoms with van der Waals surface area (Å²) in [6.07, 6.45) is 1.63. The number of benzene rings is 1. The first-order valence-electron chi connectivity index (χ1n) is 11.4. The highest BCUT2D eigenvalue weighted by Crippen LogP contribution is 2.30. The highest BCUT2D eigenvalue weighted by atomic mass is 16.5. The van der Waals surface area contributed by atoms with Gasteiger partial charge in [-0.3, -0.25) is 9.59 Å². The maximum absolute atomic E-state index is 13.2.